The van der Waals surface area contributed by atoms with Gasteiger partial charge in [0.05, 0.1) is 0 Å². The third-order valence-corrected chi connectivity index (χ3v) is 3.77. The van der Waals surface area contributed by atoms with Crippen molar-refractivity contribution in [3.8, 4) is 0 Å². The molecule has 1 fully saturated rings. The van der Waals surface area contributed by atoms with Gasteiger partial charge in [-0.15, -0.1) is 0 Å². The van der Waals surface area contributed by atoms with Crippen molar-refractivity contribution >= 4 is 87.0 Å². The lowest BCUT2D eigenvalue weighted by Crippen LogP contribution is -2.65. The Morgan fingerprint density at radius 1 is 0.533 bits per heavy atom. The summed E-state index contributed by atoms with van der Waals surface area (Å²) in [4.78, 5) is 34.2. The van der Waals surface area contributed by atoms with E-state index in [1.54, 1.807) is 0 Å². The summed E-state index contributed by atoms with van der Waals surface area (Å²) in [6.45, 7) is 0. The fraction of sp³-hybridized carbons (Fsp3) is 0.500. The van der Waals surface area contributed by atoms with Crippen molar-refractivity contribution in [1.29, 1.82) is 0 Å². The van der Waals surface area contributed by atoms with E-state index in [1.807, 2.05) is 0 Å². The van der Waals surface area contributed by atoms with Gasteiger partial charge in [0.2, 0.25) is 30.3 Å². The molecular weight excluding hydrogens is 333 g/mol. The molecule has 0 aliphatic heterocycles. The number of Topliss-reactive ketones (excluding diaryl/α,β-unsaturated/α-hetero) is 3. The van der Waals surface area contributed by atoms with E-state index >= 15 is 0 Å². The molecule has 0 aromatic heterocycles. The van der Waals surface area contributed by atoms with Crippen molar-refractivity contribution in [2.45, 2.75) is 13.0 Å². The molecule has 0 radical (unpaired) electrons. The van der Waals surface area contributed by atoms with Crippen LogP contribution in [0.3, 0.4) is 0 Å². The maximum atomic E-state index is 11.4. The smallest absolute Gasteiger partial charge is 0.240 e. The molecule has 0 amide bonds. The second kappa shape index (κ2) is 3.62. The third-order valence-electron chi connectivity index (χ3n) is 1.71. The number of ketones is 3. The molecule has 0 N–H and O–H groups in total. The van der Waals surface area contributed by atoms with E-state index in [0.717, 1.165) is 0 Å². The van der Waals surface area contributed by atoms with Gasteiger partial charge in [-0.25, -0.2) is 0 Å². The topological polar surface area (TPSA) is 51.2 Å². The number of halogens is 6. The van der Waals surface area contributed by atoms with Gasteiger partial charge in [0.25, 0.3) is 0 Å². The van der Waals surface area contributed by atoms with Gasteiger partial charge in [-0.2, -0.15) is 0 Å². The number of rotatable bonds is 0. The first-order valence-electron chi connectivity index (χ1n) is 3.25. The Morgan fingerprint density at radius 3 is 0.800 bits per heavy atom. The fourth-order valence-electron chi connectivity index (χ4n) is 0.901. The van der Waals surface area contributed by atoms with Crippen LogP contribution in [0.2, 0.25) is 0 Å². The minimum absolute atomic E-state index is 1.38. The Hall–Kier alpha value is 0.750. The standard InChI is InChI=1S/C6Cl6O3/c7-4(8)1(13)5(9,10)3(15)6(11,12)2(4)14. The first kappa shape index (κ1) is 13.8. The summed E-state index contributed by atoms with van der Waals surface area (Å²) < 4.78 is -7.91. The molecule has 84 valence electrons. The Labute approximate surface area is 114 Å². The molecule has 9 heteroatoms. The van der Waals surface area contributed by atoms with Crippen molar-refractivity contribution < 1.29 is 14.4 Å². The van der Waals surface area contributed by atoms with Gasteiger partial charge in [-0.05, 0) is 0 Å². The molecule has 0 bridgehead atoms. The fourth-order valence-corrected chi connectivity index (χ4v) is 3.18. The average molecular weight is 333 g/mol. The van der Waals surface area contributed by atoms with Gasteiger partial charge in [0, 0.05) is 0 Å². The van der Waals surface area contributed by atoms with E-state index < -0.39 is 30.3 Å². The highest BCUT2D eigenvalue weighted by atomic mass is 35.5. The average Bonchev–Trinajstić information content (AvgIpc) is 2.12. The van der Waals surface area contributed by atoms with Crippen LogP contribution in [0.25, 0.3) is 0 Å². The van der Waals surface area contributed by atoms with Crippen molar-refractivity contribution in [2.75, 3.05) is 0 Å². The van der Waals surface area contributed by atoms with E-state index in [0.29, 0.717) is 0 Å². The molecule has 0 heterocycles. The lowest BCUT2D eigenvalue weighted by molar-refractivity contribution is -0.138. The van der Waals surface area contributed by atoms with Crippen LogP contribution in [-0.2, 0) is 14.4 Å². The summed E-state index contributed by atoms with van der Waals surface area (Å²) in [5.74, 6) is -4.14. The SMILES string of the molecule is O=C1C(Cl)(Cl)C(=O)C(Cl)(Cl)C(=O)C1(Cl)Cl. The van der Waals surface area contributed by atoms with Gasteiger partial charge in [-0.1, -0.05) is 69.6 Å². The number of alkyl halides is 6. The van der Waals surface area contributed by atoms with Gasteiger partial charge < -0.3 is 0 Å². The highest BCUT2D eigenvalue weighted by molar-refractivity contribution is 6.89. The molecule has 0 spiro atoms. The lowest BCUT2D eigenvalue weighted by atomic mass is 9.93. The van der Waals surface area contributed by atoms with Crippen LogP contribution < -0.4 is 0 Å². The Kier molecular flexibility index (Phi) is 3.33. The second-order valence-corrected chi connectivity index (χ2v) is 6.69. The molecule has 1 aliphatic carbocycles. The largest absolute Gasteiger partial charge is 0.292 e. The summed E-state index contributed by atoms with van der Waals surface area (Å²) in [6.07, 6.45) is 0. The van der Waals surface area contributed by atoms with Gasteiger partial charge in [0.15, 0.2) is 0 Å². The van der Waals surface area contributed by atoms with Crippen LogP contribution in [-0.4, -0.2) is 30.3 Å². The molecule has 0 unspecified atom stereocenters. The normalized spacial score (nSPS) is 28.0. The summed E-state index contributed by atoms with van der Waals surface area (Å²) in [6, 6.07) is 0. The zero-order valence-corrected chi connectivity index (χ0v) is 11.0. The highest BCUT2D eigenvalue weighted by Crippen LogP contribution is 2.48. The monoisotopic (exact) mass is 330 g/mol. The number of carbonyl (C=O) groups is 3. The van der Waals surface area contributed by atoms with Crippen LogP contribution in [0.15, 0.2) is 0 Å². The predicted octanol–water partition coefficient (Wildman–Crippen LogP) is 2.23. The molecule has 0 aromatic rings. The molecule has 3 nitrogen and oxygen atoms in total. The van der Waals surface area contributed by atoms with E-state index in [9.17, 15) is 14.4 Å². The van der Waals surface area contributed by atoms with Crippen molar-refractivity contribution in [1.82, 2.24) is 0 Å². The van der Waals surface area contributed by atoms with Gasteiger partial charge in [-0.3, -0.25) is 14.4 Å². The number of hydrogen-bond donors (Lipinski definition) is 0. The van der Waals surface area contributed by atoms with Crippen LogP contribution in [0.1, 0.15) is 0 Å². The summed E-state index contributed by atoms with van der Waals surface area (Å²) in [5, 5.41) is 0. The van der Waals surface area contributed by atoms with Crippen LogP contribution in [0.4, 0.5) is 0 Å². The van der Waals surface area contributed by atoms with Gasteiger partial charge >= 0.3 is 0 Å². The number of carbonyl (C=O) groups excluding carboxylic acids is 3. The quantitative estimate of drug-likeness (QED) is 0.505. The van der Waals surface area contributed by atoms with E-state index in [4.69, 9.17) is 69.6 Å². The minimum Gasteiger partial charge on any atom is -0.292 e. The maximum Gasteiger partial charge on any atom is 0.240 e. The summed E-state index contributed by atoms with van der Waals surface area (Å²) in [5.41, 5.74) is 0. The van der Waals surface area contributed by atoms with Gasteiger partial charge in [0.1, 0.15) is 0 Å². The zero-order valence-electron chi connectivity index (χ0n) is 6.49. The first-order valence-corrected chi connectivity index (χ1v) is 5.51. The van der Waals surface area contributed by atoms with Crippen molar-refractivity contribution in [3.63, 3.8) is 0 Å². The Bertz CT molecular complexity index is 290. The molecule has 0 aromatic carbocycles. The zero-order chi connectivity index (χ0) is 12.2. The molecule has 1 rings (SSSR count). The maximum absolute atomic E-state index is 11.4. The molecule has 15 heavy (non-hydrogen) atoms. The summed E-state index contributed by atoms with van der Waals surface area (Å²) >= 11 is 32.3. The molecule has 1 saturated carbocycles. The summed E-state index contributed by atoms with van der Waals surface area (Å²) in [7, 11) is 0. The van der Waals surface area contributed by atoms with Crippen LogP contribution in [0, 0.1) is 0 Å². The first-order chi connectivity index (χ1) is 6.46. The van der Waals surface area contributed by atoms with Crippen molar-refractivity contribution in [2.24, 2.45) is 0 Å². The molecule has 0 saturated heterocycles. The number of hydrogen-bond acceptors (Lipinski definition) is 3. The lowest BCUT2D eigenvalue weighted by Gasteiger charge is -2.35. The second-order valence-electron chi connectivity index (χ2n) is 2.71. The Morgan fingerprint density at radius 2 is 0.667 bits per heavy atom. The van der Waals surface area contributed by atoms with Crippen LogP contribution in [0.5, 0.6) is 0 Å². The molecular formula is C6Cl6O3. The predicted molar refractivity (Wildman–Crippen MR) is 58.3 cm³/mol. The third kappa shape index (κ3) is 1.78. The molecule has 0 atom stereocenters. The van der Waals surface area contributed by atoms with E-state index in [2.05, 4.69) is 0 Å². The van der Waals surface area contributed by atoms with E-state index in [1.165, 1.54) is 0 Å². The van der Waals surface area contributed by atoms with Crippen LogP contribution >= 0.6 is 69.6 Å². The van der Waals surface area contributed by atoms with E-state index in [-0.39, 0.29) is 0 Å². The molecule has 1 aliphatic rings. The van der Waals surface area contributed by atoms with Crippen molar-refractivity contribution in [3.05, 3.63) is 0 Å². The minimum atomic E-state index is -2.64. The highest BCUT2D eigenvalue weighted by Gasteiger charge is 2.70. The Balaban J connectivity index is 3.44.